The van der Waals surface area contributed by atoms with E-state index in [1.807, 2.05) is 0 Å². The highest BCUT2D eigenvalue weighted by atomic mass is 19.2. The van der Waals surface area contributed by atoms with Gasteiger partial charge in [0.25, 0.3) is 0 Å². The van der Waals surface area contributed by atoms with Gasteiger partial charge in [-0.2, -0.15) is 0 Å². The number of hydrogen-bond acceptors (Lipinski definition) is 2. The van der Waals surface area contributed by atoms with Crippen LogP contribution in [-0.2, 0) is 13.2 Å². The summed E-state index contributed by atoms with van der Waals surface area (Å²) in [6, 6.07) is 3.72. The van der Waals surface area contributed by atoms with E-state index >= 15 is 0 Å². The minimum atomic E-state index is -0.872. The minimum Gasteiger partial charge on any atom is -0.390 e. The third-order valence-electron chi connectivity index (χ3n) is 2.30. The molecule has 0 fully saturated rings. The van der Waals surface area contributed by atoms with Crippen molar-refractivity contribution in [2.24, 2.45) is 0 Å². The molecule has 0 atom stereocenters. The van der Waals surface area contributed by atoms with Gasteiger partial charge in [-0.25, -0.2) is 13.8 Å². The van der Waals surface area contributed by atoms with Gasteiger partial charge in [-0.1, -0.05) is 6.07 Å². The van der Waals surface area contributed by atoms with E-state index in [1.54, 1.807) is 4.57 Å². The van der Waals surface area contributed by atoms with E-state index in [1.165, 1.54) is 18.6 Å². The lowest BCUT2D eigenvalue weighted by Gasteiger charge is -2.06. The van der Waals surface area contributed by atoms with Crippen LogP contribution in [0.1, 0.15) is 11.3 Å². The van der Waals surface area contributed by atoms with Gasteiger partial charge >= 0.3 is 0 Å². The zero-order valence-electron chi connectivity index (χ0n) is 8.40. The van der Waals surface area contributed by atoms with Gasteiger partial charge in [0.05, 0.1) is 24.8 Å². The lowest BCUT2D eigenvalue weighted by Crippen LogP contribution is -2.03. The number of nitrogens with zero attached hydrogens (tertiary/aromatic N) is 2. The minimum absolute atomic E-state index is 0.135. The maximum Gasteiger partial charge on any atom is 0.159 e. The van der Waals surface area contributed by atoms with Crippen LogP contribution >= 0.6 is 0 Å². The van der Waals surface area contributed by atoms with Gasteiger partial charge in [0, 0.05) is 6.54 Å². The summed E-state index contributed by atoms with van der Waals surface area (Å²) in [6.45, 7) is 0.219. The first-order valence-electron chi connectivity index (χ1n) is 4.74. The fourth-order valence-electron chi connectivity index (χ4n) is 1.46. The Morgan fingerprint density at radius 1 is 1.25 bits per heavy atom. The van der Waals surface area contributed by atoms with E-state index in [0.717, 1.165) is 12.1 Å². The molecule has 0 aliphatic heterocycles. The van der Waals surface area contributed by atoms with Crippen LogP contribution in [0.3, 0.4) is 0 Å². The maximum atomic E-state index is 12.9. The van der Waals surface area contributed by atoms with Crippen LogP contribution in [-0.4, -0.2) is 14.7 Å². The van der Waals surface area contributed by atoms with Crippen molar-refractivity contribution < 1.29 is 13.9 Å². The van der Waals surface area contributed by atoms with Gasteiger partial charge < -0.3 is 9.67 Å². The molecule has 5 heteroatoms. The second kappa shape index (κ2) is 4.40. The first-order chi connectivity index (χ1) is 7.70. The van der Waals surface area contributed by atoms with Crippen LogP contribution in [0.25, 0.3) is 0 Å². The number of imidazole rings is 1. The van der Waals surface area contributed by atoms with E-state index < -0.39 is 11.6 Å². The number of rotatable bonds is 3. The van der Waals surface area contributed by atoms with Crippen molar-refractivity contribution in [3.8, 4) is 0 Å². The topological polar surface area (TPSA) is 38.1 Å². The van der Waals surface area contributed by atoms with Crippen molar-refractivity contribution in [1.82, 2.24) is 9.55 Å². The highest BCUT2D eigenvalue weighted by molar-refractivity contribution is 5.18. The Morgan fingerprint density at radius 2 is 2.06 bits per heavy atom. The van der Waals surface area contributed by atoms with E-state index in [-0.39, 0.29) is 6.61 Å². The molecule has 2 rings (SSSR count). The summed E-state index contributed by atoms with van der Waals surface area (Å²) in [5.74, 6) is -1.74. The normalized spacial score (nSPS) is 10.7. The fourth-order valence-corrected chi connectivity index (χ4v) is 1.46. The first-order valence-corrected chi connectivity index (χ1v) is 4.74. The molecule has 84 valence electrons. The van der Waals surface area contributed by atoms with Crippen LogP contribution in [0.15, 0.2) is 30.7 Å². The predicted molar refractivity (Wildman–Crippen MR) is 53.6 cm³/mol. The third-order valence-corrected chi connectivity index (χ3v) is 2.30. The Morgan fingerprint density at radius 3 is 2.75 bits per heavy atom. The summed E-state index contributed by atoms with van der Waals surface area (Å²) in [5.41, 5.74) is 1.25. The summed E-state index contributed by atoms with van der Waals surface area (Å²) >= 11 is 0. The Balaban J connectivity index is 2.24. The van der Waals surface area contributed by atoms with Crippen LogP contribution in [0.5, 0.6) is 0 Å². The molecule has 0 unspecified atom stereocenters. The van der Waals surface area contributed by atoms with E-state index in [9.17, 15) is 8.78 Å². The predicted octanol–water partition coefficient (Wildman–Crippen LogP) is 1.70. The Hall–Kier alpha value is -1.75. The van der Waals surface area contributed by atoms with Crippen molar-refractivity contribution in [2.45, 2.75) is 13.2 Å². The van der Waals surface area contributed by atoms with Crippen molar-refractivity contribution in [1.29, 1.82) is 0 Å². The van der Waals surface area contributed by atoms with Gasteiger partial charge in [0.2, 0.25) is 0 Å². The number of hydrogen-bond donors (Lipinski definition) is 1. The largest absolute Gasteiger partial charge is 0.390 e. The summed E-state index contributed by atoms with van der Waals surface area (Å²) < 4.78 is 27.3. The van der Waals surface area contributed by atoms with Crippen molar-refractivity contribution >= 4 is 0 Å². The maximum absolute atomic E-state index is 12.9. The molecular formula is C11H10F2N2O. The highest BCUT2D eigenvalue weighted by Crippen LogP contribution is 2.11. The van der Waals surface area contributed by atoms with Crippen LogP contribution in [0, 0.1) is 11.6 Å². The van der Waals surface area contributed by atoms with Gasteiger partial charge in [-0.3, -0.25) is 0 Å². The molecule has 1 N–H and O–H groups in total. The quantitative estimate of drug-likeness (QED) is 0.861. The molecule has 0 saturated carbocycles. The molecule has 1 aromatic carbocycles. The molecule has 16 heavy (non-hydrogen) atoms. The monoisotopic (exact) mass is 224 g/mol. The number of aliphatic hydroxyl groups is 1. The SMILES string of the molecule is OCc1cncn1Cc1ccc(F)c(F)c1. The Bertz CT molecular complexity index is 496. The molecule has 1 aromatic heterocycles. The number of halogens is 2. The van der Waals surface area contributed by atoms with Crippen LogP contribution < -0.4 is 0 Å². The van der Waals surface area contributed by atoms with Gasteiger partial charge in [0.15, 0.2) is 11.6 Å². The first kappa shape index (κ1) is 10.8. The average Bonchev–Trinajstić information content (AvgIpc) is 2.71. The molecule has 0 aliphatic rings. The smallest absolute Gasteiger partial charge is 0.159 e. The van der Waals surface area contributed by atoms with Crippen LogP contribution in [0.2, 0.25) is 0 Å². The molecular weight excluding hydrogens is 214 g/mol. The molecule has 0 aliphatic carbocycles. The second-order valence-electron chi connectivity index (χ2n) is 3.42. The van der Waals surface area contributed by atoms with Gasteiger partial charge in [-0.05, 0) is 17.7 Å². The molecule has 0 spiro atoms. The summed E-state index contributed by atoms with van der Waals surface area (Å²) in [6.07, 6.45) is 3.06. The van der Waals surface area contributed by atoms with E-state index in [4.69, 9.17) is 5.11 Å². The summed E-state index contributed by atoms with van der Waals surface area (Å²) in [5, 5.41) is 8.99. The fraction of sp³-hybridized carbons (Fsp3) is 0.182. The molecule has 2 aromatic rings. The molecule has 0 amide bonds. The molecule has 0 bridgehead atoms. The van der Waals surface area contributed by atoms with E-state index in [2.05, 4.69) is 4.98 Å². The summed E-state index contributed by atoms with van der Waals surface area (Å²) in [4.78, 5) is 3.86. The third kappa shape index (κ3) is 2.09. The molecule has 0 saturated heterocycles. The summed E-state index contributed by atoms with van der Waals surface area (Å²) in [7, 11) is 0. The van der Waals surface area contributed by atoms with Gasteiger partial charge in [-0.15, -0.1) is 0 Å². The molecule has 1 heterocycles. The number of benzene rings is 1. The van der Waals surface area contributed by atoms with Crippen molar-refractivity contribution in [3.63, 3.8) is 0 Å². The highest BCUT2D eigenvalue weighted by Gasteiger charge is 2.05. The Labute approximate surface area is 91.0 Å². The van der Waals surface area contributed by atoms with Gasteiger partial charge in [0.1, 0.15) is 0 Å². The molecule has 3 nitrogen and oxygen atoms in total. The lowest BCUT2D eigenvalue weighted by molar-refractivity contribution is 0.271. The van der Waals surface area contributed by atoms with Crippen LogP contribution in [0.4, 0.5) is 8.78 Å². The standard InChI is InChI=1S/C11H10F2N2O/c12-10-2-1-8(3-11(10)13)5-15-7-14-4-9(15)6-16/h1-4,7,16H,5-6H2. The lowest BCUT2D eigenvalue weighted by atomic mass is 10.2. The zero-order chi connectivity index (χ0) is 11.5. The van der Waals surface area contributed by atoms with Crippen molar-refractivity contribution in [3.05, 3.63) is 53.6 Å². The average molecular weight is 224 g/mol. The number of aromatic nitrogens is 2. The van der Waals surface area contributed by atoms with Crippen molar-refractivity contribution in [2.75, 3.05) is 0 Å². The molecule has 0 radical (unpaired) electrons. The van der Waals surface area contributed by atoms with E-state index in [0.29, 0.717) is 17.8 Å². The zero-order valence-corrected chi connectivity index (χ0v) is 8.40. The number of aliphatic hydroxyl groups excluding tert-OH is 1. The Kier molecular flexibility index (Phi) is 2.96. The second-order valence-corrected chi connectivity index (χ2v) is 3.42.